The van der Waals surface area contributed by atoms with Crippen LogP contribution < -0.4 is 0 Å². The SMILES string of the molecule is CC1CC(C)C(O)C(C)C1.COC(=O)CCC1CC(C2(C)CCCCC2)C(O)C(C2(C)CCCCC2)C1. The topological polar surface area (TPSA) is 66.8 Å². The van der Waals surface area contributed by atoms with Gasteiger partial charge in [0.15, 0.2) is 0 Å². The Kier molecular flexibility index (Phi) is 11.4. The highest BCUT2D eigenvalue weighted by Crippen LogP contribution is 2.56. The van der Waals surface area contributed by atoms with Crippen molar-refractivity contribution in [3.63, 3.8) is 0 Å². The molecule has 0 aliphatic heterocycles. The van der Waals surface area contributed by atoms with Gasteiger partial charge in [0.05, 0.1) is 19.3 Å². The molecule has 4 aliphatic rings. The lowest BCUT2D eigenvalue weighted by Crippen LogP contribution is -2.51. The van der Waals surface area contributed by atoms with Gasteiger partial charge in [-0.25, -0.2) is 0 Å². The highest BCUT2D eigenvalue weighted by Gasteiger charge is 2.51. The average molecular weight is 521 g/mol. The molecule has 4 heteroatoms. The summed E-state index contributed by atoms with van der Waals surface area (Å²) in [6, 6.07) is 0. The van der Waals surface area contributed by atoms with Gasteiger partial charge in [-0.05, 0) is 104 Å². The maximum Gasteiger partial charge on any atom is 0.305 e. The fraction of sp³-hybridized carbons (Fsp3) is 0.970. The normalized spacial score (nSPS) is 39.7. The molecule has 2 N–H and O–H groups in total. The third kappa shape index (κ3) is 7.96. The van der Waals surface area contributed by atoms with Crippen LogP contribution in [0.3, 0.4) is 0 Å². The summed E-state index contributed by atoms with van der Waals surface area (Å²) in [6.07, 6.45) is 18.9. The van der Waals surface area contributed by atoms with Gasteiger partial charge in [-0.1, -0.05) is 73.1 Å². The maximum absolute atomic E-state index is 11.7. The standard InChI is InChI=1S/C24H42O3.C9H18O/c1-23(12-6-4-7-13-23)19-16-18(10-11-21(25)27-3)17-20(22(19)26)24(2)14-8-5-9-15-24;1-6-4-7(2)9(10)8(3)5-6/h18-20,22,26H,4-17H2,1-3H3;6-10H,4-5H2,1-3H3. The minimum absolute atomic E-state index is 0.0452. The fourth-order valence-electron chi connectivity index (χ4n) is 9.09. The number of rotatable bonds is 5. The molecule has 0 aromatic rings. The highest BCUT2D eigenvalue weighted by molar-refractivity contribution is 5.69. The van der Waals surface area contributed by atoms with E-state index >= 15 is 0 Å². The second kappa shape index (κ2) is 13.6. The van der Waals surface area contributed by atoms with Crippen molar-refractivity contribution in [1.82, 2.24) is 0 Å². The third-order valence-corrected chi connectivity index (χ3v) is 11.5. The van der Waals surface area contributed by atoms with Gasteiger partial charge in [-0.15, -0.1) is 0 Å². The Hall–Kier alpha value is -0.610. The van der Waals surface area contributed by atoms with Crippen molar-refractivity contribution < 1.29 is 19.7 Å². The first-order valence-corrected chi connectivity index (χ1v) is 15.9. The summed E-state index contributed by atoms with van der Waals surface area (Å²) in [6.45, 7) is 11.5. The van der Waals surface area contributed by atoms with Crippen molar-refractivity contribution in [2.75, 3.05) is 7.11 Å². The van der Waals surface area contributed by atoms with Crippen LogP contribution in [0, 0.1) is 46.3 Å². The molecule has 4 rings (SSSR count). The summed E-state index contributed by atoms with van der Waals surface area (Å²) in [5.41, 5.74) is 0.565. The minimum atomic E-state index is -0.162. The molecule has 4 nitrogen and oxygen atoms in total. The van der Waals surface area contributed by atoms with Gasteiger partial charge in [0.25, 0.3) is 0 Å². The predicted octanol–water partition coefficient (Wildman–Crippen LogP) is 7.93. The molecule has 0 aromatic heterocycles. The second-order valence-corrected chi connectivity index (χ2v) is 14.6. The van der Waals surface area contributed by atoms with Crippen LogP contribution in [-0.4, -0.2) is 35.5 Å². The number of ether oxygens (including phenoxy) is 1. The summed E-state index contributed by atoms with van der Waals surface area (Å²) >= 11 is 0. The predicted molar refractivity (Wildman–Crippen MR) is 152 cm³/mol. The van der Waals surface area contributed by atoms with E-state index in [0.717, 1.165) is 25.2 Å². The van der Waals surface area contributed by atoms with Gasteiger partial charge in [0.2, 0.25) is 0 Å². The second-order valence-electron chi connectivity index (χ2n) is 14.6. The Balaban J connectivity index is 0.000000319. The van der Waals surface area contributed by atoms with Crippen LogP contribution in [0.5, 0.6) is 0 Å². The van der Waals surface area contributed by atoms with Crippen LogP contribution in [0.25, 0.3) is 0 Å². The quantitative estimate of drug-likeness (QED) is 0.361. The first-order chi connectivity index (χ1) is 17.5. The molecule has 4 unspecified atom stereocenters. The number of carbonyl (C=O) groups excluding carboxylic acids is 1. The number of hydrogen-bond acceptors (Lipinski definition) is 4. The zero-order chi connectivity index (χ0) is 27.2. The van der Waals surface area contributed by atoms with Gasteiger partial charge < -0.3 is 14.9 Å². The molecule has 0 spiro atoms. The molecule has 216 valence electrons. The molecule has 0 bridgehead atoms. The van der Waals surface area contributed by atoms with Crippen LogP contribution in [0.15, 0.2) is 0 Å². The van der Waals surface area contributed by atoms with Crippen molar-refractivity contribution in [2.24, 2.45) is 46.3 Å². The third-order valence-electron chi connectivity index (χ3n) is 11.5. The first kappa shape index (κ1) is 30.9. The van der Waals surface area contributed by atoms with Crippen molar-refractivity contribution in [1.29, 1.82) is 0 Å². The summed E-state index contributed by atoms with van der Waals surface area (Å²) < 4.78 is 4.90. The zero-order valence-corrected chi connectivity index (χ0v) is 25.1. The molecular formula is C33H60O4. The number of aliphatic hydroxyl groups excluding tert-OH is 2. The van der Waals surface area contributed by atoms with Crippen LogP contribution in [-0.2, 0) is 9.53 Å². The van der Waals surface area contributed by atoms with Crippen LogP contribution in [0.1, 0.15) is 137 Å². The molecule has 0 saturated heterocycles. The fourth-order valence-corrected chi connectivity index (χ4v) is 9.09. The van der Waals surface area contributed by atoms with E-state index in [4.69, 9.17) is 4.74 Å². The van der Waals surface area contributed by atoms with E-state index in [1.54, 1.807) is 0 Å². The maximum atomic E-state index is 11.7. The molecule has 4 fully saturated rings. The lowest BCUT2D eigenvalue weighted by molar-refractivity contribution is -0.142. The first-order valence-electron chi connectivity index (χ1n) is 15.9. The molecular weight excluding hydrogens is 460 g/mol. The van der Waals surface area contributed by atoms with E-state index < -0.39 is 0 Å². The Morgan fingerprint density at radius 3 is 1.57 bits per heavy atom. The monoisotopic (exact) mass is 520 g/mol. The number of carbonyl (C=O) groups is 1. The van der Waals surface area contributed by atoms with E-state index in [2.05, 4.69) is 34.6 Å². The summed E-state index contributed by atoms with van der Waals surface area (Å²) in [5.74, 6) is 3.11. The largest absolute Gasteiger partial charge is 0.469 e. The van der Waals surface area contributed by atoms with Gasteiger partial charge in [-0.2, -0.15) is 0 Å². The van der Waals surface area contributed by atoms with E-state index in [1.807, 2.05) is 0 Å². The van der Waals surface area contributed by atoms with E-state index in [0.29, 0.717) is 36.0 Å². The molecule has 0 aromatic carbocycles. The van der Waals surface area contributed by atoms with Crippen molar-refractivity contribution in [2.45, 2.75) is 150 Å². The number of aliphatic hydroxyl groups is 2. The van der Waals surface area contributed by atoms with Crippen molar-refractivity contribution in [3.05, 3.63) is 0 Å². The minimum Gasteiger partial charge on any atom is -0.469 e. The molecule has 37 heavy (non-hydrogen) atoms. The van der Waals surface area contributed by atoms with E-state index in [1.165, 1.54) is 84.2 Å². The Labute approximate surface area is 228 Å². The molecule has 0 heterocycles. The number of methoxy groups -OCH3 is 1. The van der Waals surface area contributed by atoms with E-state index in [-0.39, 0.29) is 29.0 Å². The zero-order valence-electron chi connectivity index (χ0n) is 25.1. The van der Waals surface area contributed by atoms with Crippen molar-refractivity contribution >= 4 is 5.97 Å². The molecule has 0 radical (unpaired) electrons. The number of esters is 1. The van der Waals surface area contributed by atoms with Crippen LogP contribution >= 0.6 is 0 Å². The summed E-state index contributed by atoms with van der Waals surface area (Å²) in [4.78, 5) is 11.7. The smallest absolute Gasteiger partial charge is 0.305 e. The Morgan fingerprint density at radius 1 is 0.730 bits per heavy atom. The van der Waals surface area contributed by atoms with Crippen LogP contribution in [0.2, 0.25) is 0 Å². The highest BCUT2D eigenvalue weighted by atomic mass is 16.5. The summed E-state index contributed by atoms with van der Waals surface area (Å²) in [7, 11) is 1.49. The molecule has 0 amide bonds. The van der Waals surface area contributed by atoms with Gasteiger partial charge in [-0.3, -0.25) is 4.79 Å². The molecule has 4 atom stereocenters. The molecule has 4 saturated carbocycles. The van der Waals surface area contributed by atoms with Crippen LogP contribution in [0.4, 0.5) is 0 Å². The Morgan fingerprint density at radius 2 is 1.16 bits per heavy atom. The number of hydrogen-bond donors (Lipinski definition) is 2. The average Bonchev–Trinajstić information content (AvgIpc) is 2.87. The lowest BCUT2D eigenvalue weighted by atomic mass is 9.52. The summed E-state index contributed by atoms with van der Waals surface area (Å²) in [5, 5.41) is 21.2. The van der Waals surface area contributed by atoms with Crippen molar-refractivity contribution in [3.8, 4) is 0 Å². The van der Waals surface area contributed by atoms with E-state index in [9.17, 15) is 15.0 Å². The van der Waals surface area contributed by atoms with Gasteiger partial charge in [0.1, 0.15) is 0 Å². The Bertz CT molecular complexity index is 646. The van der Waals surface area contributed by atoms with Gasteiger partial charge in [0, 0.05) is 6.42 Å². The lowest BCUT2D eigenvalue weighted by Gasteiger charge is -2.54. The van der Waals surface area contributed by atoms with Gasteiger partial charge >= 0.3 is 5.97 Å². The molecule has 4 aliphatic carbocycles.